The summed E-state index contributed by atoms with van der Waals surface area (Å²) in [5.74, 6) is 1.12. The maximum absolute atomic E-state index is 14.9. The van der Waals surface area contributed by atoms with E-state index in [1.54, 1.807) is 19.2 Å². The Morgan fingerprint density at radius 2 is 1.85 bits per heavy atom. The Bertz CT molecular complexity index is 1090. The van der Waals surface area contributed by atoms with Crippen molar-refractivity contribution in [3.63, 3.8) is 0 Å². The van der Waals surface area contributed by atoms with Gasteiger partial charge in [-0.15, -0.1) is 0 Å². The number of nitrogens with one attached hydrogen (secondary N) is 1. The van der Waals surface area contributed by atoms with E-state index in [1.807, 2.05) is 12.1 Å². The van der Waals surface area contributed by atoms with Crippen molar-refractivity contribution in [1.29, 1.82) is 0 Å². The minimum Gasteiger partial charge on any atom is -0.497 e. The minimum absolute atomic E-state index is 0.0403. The quantitative estimate of drug-likeness (QED) is 0.673. The van der Waals surface area contributed by atoms with Crippen molar-refractivity contribution in [1.82, 2.24) is 10.2 Å². The topological polar surface area (TPSA) is 60.0 Å². The molecule has 6 rings (SSSR count). The van der Waals surface area contributed by atoms with Gasteiger partial charge in [0.1, 0.15) is 23.4 Å². The van der Waals surface area contributed by atoms with Crippen LogP contribution in [-0.4, -0.2) is 51.0 Å². The zero-order valence-corrected chi connectivity index (χ0v) is 20.3. The van der Waals surface area contributed by atoms with E-state index in [0.29, 0.717) is 28.5 Å². The molecule has 7 heteroatoms. The summed E-state index contributed by atoms with van der Waals surface area (Å²) >= 11 is 0. The Balaban J connectivity index is 1.40. The van der Waals surface area contributed by atoms with E-state index in [2.05, 4.69) is 24.1 Å². The maximum Gasteiger partial charge on any atom is 0.407 e. The number of hydrogen-bond donors (Lipinski definition) is 1. The fraction of sp³-hybridized carbons (Fsp3) is 0.519. The van der Waals surface area contributed by atoms with Gasteiger partial charge in [-0.1, -0.05) is 13.8 Å². The van der Waals surface area contributed by atoms with Gasteiger partial charge in [0.05, 0.1) is 20.3 Å². The molecule has 2 atom stereocenters. The first-order chi connectivity index (χ1) is 16.3. The van der Waals surface area contributed by atoms with Crippen LogP contribution in [0.5, 0.6) is 11.5 Å². The summed E-state index contributed by atoms with van der Waals surface area (Å²) in [4.78, 5) is 15.3. The summed E-state index contributed by atoms with van der Waals surface area (Å²) < 4.78 is 31.6. The van der Waals surface area contributed by atoms with Gasteiger partial charge in [-0.3, -0.25) is 4.90 Å². The summed E-state index contributed by atoms with van der Waals surface area (Å²) in [6.07, 6.45) is 2.53. The second-order valence-corrected chi connectivity index (χ2v) is 10.4. The number of piperidine rings is 3. The molecule has 0 radical (unpaired) electrons. The first kappa shape index (κ1) is 23.0. The lowest BCUT2D eigenvalue weighted by Crippen LogP contribution is -2.53. The highest BCUT2D eigenvalue weighted by atomic mass is 19.1. The fourth-order valence-corrected chi connectivity index (χ4v) is 5.90. The molecule has 0 spiro atoms. The molecule has 1 amide bonds. The van der Waals surface area contributed by atoms with Crippen LogP contribution >= 0.6 is 0 Å². The molecule has 4 aliphatic rings. The number of carbonyl (C=O) groups is 1. The monoisotopic (exact) mass is 468 g/mol. The molecule has 6 nitrogen and oxygen atoms in total. The molecule has 1 unspecified atom stereocenters. The molecule has 3 saturated heterocycles. The number of carbonyl (C=O) groups excluding carboxylic acids is 1. The average molecular weight is 469 g/mol. The Kier molecular flexibility index (Phi) is 5.92. The molecule has 182 valence electrons. The van der Waals surface area contributed by atoms with E-state index in [0.717, 1.165) is 50.0 Å². The normalized spacial score (nSPS) is 26.6. The molecular formula is C27H33FN2O4. The minimum atomic E-state index is -0.370. The molecule has 3 heterocycles. The summed E-state index contributed by atoms with van der Waals surface area (Å²) in [6.45, 7) is 7.30. The SMILES string of the molecule is COc1ccc(-c2cc3c(cc2OC)C(NC(=O)O[C@H]2CN4CCC2CC4)C(C)(C)C3)c(F)c1. The van der Waals surface area contributed by atoms with Gasteiger partial charge < -0.3 is 19.5 Å². The molecule has 2 aromatic rings. The fourth-order valence-electron chi connectivity index (χ4n) is 5.90. The van der Waals surface area contributed by atoms with Gasteiger partial charge in [-0.05, 0) is 79.1 Å². The van der Waals surface area contributed by atoms with Crippen LogP contribution in [0.1, 0.15) is 43.9 Å². The average Bonchev–Trinajstić information content (AvgIpc) is 3.07. The van der Waals surface area contributed by atoms with Crippen molar-refractivity contribution in [3.8, 4) is 22.6 Å². The Morgan fingerprint density at radius 3 is 2.47 bits per heavy atom. The number of fused-ring (bicyclic) bond motifs is 4. The van der Waals surface area contributed by atoms with E-state index in [4.69, 9.17) is 14.2 Å². The number of hydrogen-bond acceptors (Lipinski definition) is 5. The summed E-state index contributed by atoms with van der Waals surface area (Å²) in [7, 11) is 3.10. The predicted octanol–water partition coefficient (Wildman–Crippen LogP) is 4.95. The van der Waals surface area contributed by atoms with Gasteiger partial charge in [0.25, 0.3) is 0 Å². The van der Waals surface area contributed by atoms with Crippen molar-refractivity contribution in [2.75, 3.05) is 33.9 Å². The Labute approximate surface area is 200 Å². The molecule has 3 aliphatic heterocycles. The lowest BCUT2D eigenvalue weighted by molar-refractivity contribution is -0.0349. The van der Waals surface area contributed by atoms with Gasteiger partial charge in [-0.25, -0.2) is 9.18 Å². The third-order valence-corrected chi connectivity index (χ3v) is 7.78. The highest BCUT2D eigenvalue weighted by molar-refractivity contribution is 5.75. The highest BCUT2D eigenvalue weighted by Crippen LogP contribution is 2.49. The van der Waals surface area contributed by atoms with Crippen molar-refractivity contribution >= 4 is 6.09 Å². The van der Waals surface area contributed by atoms with Crippen LogP contribution < -0.4 is 14.8 Å². The van der Waals surface area contributed by atoms with Gasteiger partial charge in [0, 0.05) is 23.7 Å². The zero-order chi connectivity index (χ0) is 24.0. The first-order valence-corrected chi connectivity index (χ1v) is 12.0. The van der Waals surface area contributed by atoms with Crippen molar-refractivity contribution in [3.05, 3.63) is 47.3 Å². The second kappa shape index (κ2) is 8.77. The smallest absolute Gasteiger partial charge is 0.407 e. The largest absolute Gasteiger partial charge is 0.497 e. The van der Waals surface area contributed by atoms with E-state index in [-0.39, 0.29) is 29.5 Å². The van der Waals surface area contributed by atoms with Crippen LogP contribution in [0.3, 0.4) is 0 Å². The van der Waals surface area contributed by atoms with E-state index < -0.39 is 0 Å². The van der Waals surface area contributed by atoms with Crippen molar-refractivity contribution in [2.45, 2.75) is 45.3 Å². The lowest BCUT2D eigenvalue weighted by atomic mass is 9.85. The maximum atomic E-state index is 14.9. The predicted molar refractivity (Wildman–Crippen MR) is 128 cm³/mol. The summed E-state index contributed by atoms with van der Waals surface area (Å²) in [5.41, 5.74) is 2.98. The first-order valence-electron chi connectivity index (χ1n) is 12.0. The lowest BCUT2D eigenvalue weighted by Gasteiger charge is -2.44. The zero-order valence-electron chi connectivity index (χ0n) is 20.3. The number of rotatable bonds is 5. The van der Waals surface area contributed by atoms with Gasteiger partial charge in [0.15, 0.2) is 0 Å². The summed E-state index contributed by atoms with van der Waals surface area (Å²) in [5, 5.41) is 3.14. The number of benzene rings is 2. The molecule has 0 aromatic heterocycles. The number of nitrogens with zero attached hydrogens (tertiary/aromatic N) is 1. The molecule has 0 saturated carbocycles. The van der Waals surface area contributed by atoms with Crippen LogP contribution in [0.15, 0.2) is 30.3 Å². The number of ether oxygens (including phenoxy) is 3. The highest BCUT2D eigenvalue weighted by Gasteiger charge is 2.42. The second-order valence-electron chi connectivity index (χ2n) is 10.4. The number of amides is 1. The molecule has 3 fully saturated rings. The standard InChI is InChI=1S/C27H33FN2O4/c1-27(2)14-17-11-21(19-6-5-18(32-3)12-22(19)28)23(33-4)13-20(17)25(27)29-26(31)34-24-15-30-9-7-16(24)8-10-30/h5-6,11-13,16,24-25H,7-10,14-15H2,1-4H3,(H,29,31)/t24-,25?/m0/s1. The molecule has 1 N–H and O–H groups in total. The third-order valence-electron chi connectivity index (χ3n) is 7.78. The molecule has 2 bridgehead atoms. The third kappa shape index (κ3) is 4.11. The number of methoxy groups -OCH3 is 2. The molecule has 1 aliphatic carbocycles. The van der Waals surface area contributed by atoms with Crippen LogP contribution in [0.25, 0.3) is 11.1 Å². The van der Waals surface area contributed by atoms with Crippen molar-refractivity contribution in [2.24, 2.45) is 11.3 Å². The Hall–Kier alpha value is -2.80. The van der Waals surface area contributed by atoms with Gasteiger partial charge in [0.2, 0.25) is 0 Å². The van der Waals surface area contributed by atoms with Crippen LogP contribution in [0, 0.1) is 17.2 Å². The number of alkyl carbamates (subject to hydrolysis) is 1. The molecule has 34 heavy (non-hydrogen) atoms. The van der Waals surface area contributed by atoms with Crippen LogP contribution in [0.4, 0.5) is 9.18 Å². The number of halogens is 1. The Morgan fingerprint density at radius 1 is 1.09 bits per heavy atom. The van der Waals surface area contributed by atoms with Crippen molar-refractivity contribution < 1.29 is 23.4 Å². The van der Waals surface area contributed by atoms with E-state index >= 15 is 0 Å². The summed E-state index contributed by atoms with van der Waals surface area (Å²) in [6, 6.07) is 8.52. The van der Waals surface area contributed by atoms with Gasteiger partial charge in [-0.2, -0.15) is 0 Å². The van der Waals surface area contributed by atoms with Gasteiger partial charge >= 0.3 is 6.09 Å². The van der Waals surface area contributed by atoms with E-state index in [9.17, 15) is 9.18 Å². The van der Waals surface area contributed by atoms with Crippen LogP contribution in [0.2, 0.25) is 0 Å². The van der Waals surface area contributed by atoms with E-state index in [1.165, 1.54) is 13.2 Å². The molecule has 2 aromatic carbocycles. The van der Waals surface area contributed by atoms with Crippen LogP contribution in [-0.2, 0) is 11.2 Å². The molecular weight excluding hydrogens is 435 g/mol.